The lowest BCUT2D eigenvalue weighted by Gasteiger charge is -2.17. The number of hydrogen-bond donors (Lipinski definition) is 2. The van der Waals surface area contributed by atoms with Crippen molar-refractivity contribution in [2.45, 2.75) is 18.9 Å². The van der Waals surface area contributed by atoms with Gasteiger partial charge in [0.2, 0.25) is 0 Å². The summed E-state index contributed by atoms with van der Waals surface area (Å²) in [7, 11) is 1.69. The largest absolute Gasteiger partial charge is 0.496 e. The molecule has 1 aromatic heterocycles. The van der Waals surface area contributed by atoms with Crippen LogP contribution in [0.15, 0.2) is 39.5 Å². The zero-order chi connectivity index (χ0) is 13.7. The lowest BCUT2D eigenvalue weighted by atomic mass is 10.0. The maximum absolute atomic E-state index is 5.67. The monoisotopic (exact) mass is 340 g/mol. The fraction of sp³-hybridized carbons (Fsp3) is 0.286. The first kappa shape index (κ1) is 14.5. The van der Waals surface area contributed by atoms with Crippen LogP contribution in [0.2, 0.25) is 0 Å². The topological polar surface area (TPSA) is 47.3 Å². The minimum Gasteiger partial charge on any atom is -0.496 e. The molecule has 0 spiro atoms. The molecule has 3 N–H and O–H groups in total. The van der Waals surface area contributed by atoms with Crippen LogP contribution in [0.25, 0.3) is 0 Å². The molecule has 0 aliphatic rings. The van der Waals surface area contributed by atoms with Crippen LogP contribution in [0.1, 0.15) is 11.1 Å². The predicted molar refractivity (Wildman–Crippen MR) is 83.5 cm³/mol. The van der Waals surface area contributed by atoms with Crippen LogP contribution in [0.3, 0.4) is 0 Å². The number of benzene rings is 1. The number of nitrogens with two attached hydrogens (primary N) is 1. The Labute approximate surface area is 125 Å². The smallest absolute Gasteiger partial charge is 0.122 e. The average molecular weight is 341 g/mol. The van der Waals surface area contributed by atoms with E-state index in [1.54, 1.807) is 18.4 Å². The molecule has 3 nitrogen and oxygen atoms in total. The van der Waals surface area contributed by atoms with Crippen molar-refractivity contribution in [2.75, 3.05) is 7.11 Å². The molecule has 0 fully saturated rings. The number of hydrazine groups is 1. The third kappa shape index (κ3) is 4.04. The number of ether oxygens (including phenoxy) is 1. The molecule has 0 bridgehead atoms. The van der Waals surface area contributed by atoms with E-state index in [0.717, 1.165) is 28.6 Å². The van der Waals surface area contributed by atoms with Gasteiger partial charge in [-0.1, -0.05) is 15.9 Å². The van der Waals surface area contributed by atoms with Gasteiger partial charge in [0.15, 0.2) is 0 Å². The van der Waals surface area contributed by atoms with Gasteiger partial charge in [0.1, 0.15) is 5.75 Å². The Bertz CT molecular complexity index is 516. The molecule has 0 radical (unpaired) electrons. The van der Waals surface area contributed by atoms with E-state index >= 15 is 0 Å². The molecule has 1 heterocycles. The molecule has 1 aromatic carbocycles. The van der Waals surface area contributed by atoms with E-state index in [2.05, 4.69) is 44.2 Å². The third-order valence-corrected chi connectivity index (χ3v) is 4.23. The van der Waals surface area contributed by atoms with Gasteiger partial charge in [-0.3, -0.25) is 11.3 Å². The molecule has 2 rings (SSSR count). The van der Waals surface area contributed by atoms with Crippen LogP contribution < -0.4 is 16.0 Å². The molecule has 0 saturated carbocycles. The molecule has 1 unspecified atom stereocenters. The number of thiophene rings is 1. The van der Waals surface area contributed by atoms with Crippen LogP contribution >= 0.6 is 27.3 Å². The Morgan fingerprint density at radius 1 is 1.37 bits per heavy atom. The van der Waals surface area contributed by atoms with Gasteiger partial charge in [-0.2, -0.15) is 11.3 Å². The van der Waals surface area contributed by atoms with E-state index in [4.69, 9.17) is 10.6 Å². The van der Waals surface area contributed by atoms with Crippen LogP contribution in [-0.4, -0.2) is 13.2 Å². The fourth-order valence-corrected chi connectivity index (χ4v) is 3.15. The standard InChI is InChI=1S/C14H17BrN2OS/c1-18-14-3-2-12(15)7-11(14)8-13(17-16)6-10-4-5-19-9-10/h2-5,7,9,13,17H,6,8,16H2,1H3. The SMILES string of the molecule is COc1ccc(Br)cc1CC(Cc1ccsc1)NN. The maximum atomic E-state index is 5.67. The van der Waals surface area contributed by atoms with E-state index in [1.165, 1.54) is 5.56 Å². The first-order chi connectivity index (χ1) is 9.22. The van der Waals surface area contributed by atoms with Gasteiger partial charge in [0.05, 0.1) is 7.11 Å². The summed E-state index contributed by atoms with van der Waals surface area (Å²) < 4.78 is 6.44. The van der Waals surface area contributed by atoms with E-state index in [1.807, 2.05) is 12.1 Å². The minimum absolute atomic E-state index is 0.192. The van der Waals surface area contributed by atoms with Crippen molar-refractivity contribution < 1.29 is 4.74 Å². The summed E-state index contributed by atoms with van der Waals surface area (Å²) in [5, 5.41) is 4.24. The first-order valence-electron chi connectivity index (χ1n) is 6.02. The molecular formula is C14H17BrN2OS. The van der Waals surface area contributed by atoms with Crippen LogP contribution in [-0.2, 0) is 12.8 Å². The number of halogens is 1. The molecule has 0 amide bonds. The lowest BCUT2D eigenvalue weighted by Crippen LogP contribution is -2.38. The Hall–Kier alpha value is -0.880. The molecule has 19 heavy (non-hydrogen) atoms. The predicted octanol–water partition coefficient (Wildman–Crippen LogP) is 3.14. The molecule has 0 aliphatic carbocycles. The number of nitrogens with one attached hydrogen (secondary N) is 1. The van der Waals surface area contributed by atoms with Crippen molar-refractivity contribution in [3.05, 3.63) is 50.6 Å². The van der Waals surface area contributed by atoms with E-state index in [9.17, 15) is 0 Å². The van der Waals surface area contributed by atoms with Gasteiger partial charge in [-0.15, -0.1) is 0 Å². The fourth-order valence-electron chi connectivity index (χ4n) is 2.06. The van der Waals surface area contributed by atoms with Crippen molar-refractivity contribution >= 4 is 27.3 Å². The molecule has 2 aromatic rings. The molecule has 102 valence electrons. The highest BCUT2D eigenvalue weighted by Gasteiger charge is 2.13. The van der Waals surface area contributed by atoms with E-state index < -0.39 is 0 Å². The highest BCUT2D eigenvalue weighted by Crippen LogP contribution is 2.24. The number of hydrogen-bond acceptors (Lipinski definition) is 4. The minimum atomic E-state index is 0.192. The van der Waals surface area contributed by atoms with Crippen molar-refractivity contribution in [3.63, 3.8) is 0 Å². The summed E-state index contributed by atoms with van der Waals surface area (Å²) in [5.41, 5.74) is 5.35. The van der Waals surface area contributed by atoms with Gasteiger partial charge < -0.3 is 4.74 Å². The summed E-state index contributed by atoms with van der Waals surface area (Å²) in [4.78, 5) is 0. The van der Waals surface area contributed by atoms with Crippen LogP contribution in [0.4, 0.5) is 0 Å². The lowest BCUT2D eigenvalue weighted by molar-refractivity contribution is 0.404. The Balaban J connectivity index is 2.11. The Kier molecular flexibility index (Phi) is 5.39. The highest BCUT2D eigenvalue weighted by molar-refractivity contribution is 9.10. The quantitative estimate of drug-likeness (QED) is 0.627. The first-order valence-corrected chi connectivity index (χ1v) is 7.76. The van der Waals surface area contributed by atoms with Gasteiger partial charge in [0, 0.05) is 10.5 Å². The zero-order valence-corrected chi connectivity index (χ0v) is 13.1. The third-order valence-electron chi connectivity index (χ3n) is 3.01. The number of rotatable bonds is 6. The summed E-state index contributed by atoms with van der Waals surface area (Å²) in [6.07, 6.45) is 1.74. The van der Waals surface area contributed by atoms with E-state index in [-0.39, 0.29) is 6.04 Å². The highest BCUT2D eigenvalue weighted by atomic mass is 79.9. The molecule has 0 saturated heterocycles. The van der Waals surface area contributed by atoms with Gasteiger partial charge in [-0.05, 0) is 59.0 Å². The molecule has 1 atom stereocenters. The summed E-state index contributed by atoms with van der Waals surface area (Å²) in [5.74, 6) is 6.56. The van der Waals surface area contributed by atoms with Crippen LogP contribution in [0, 0.1) is 0 Å². The summed E-state index contributed by atoms with van der Waals surface area (Å²) in [6.45, 7) is 0. The average Bonchev–Trinajstić information content (AvgIpc) is 2.91. The van der Waals surface area contributed by atoms with Crippen molar-refractivity contribution in [1.82, 2.24) is 5.43 Å². The van der Waals surface area contributed by atoms with Crippen molar-refractivity contribution in [2.24, 2.45) is 5.84 Å². The van der Waals surface area contributed by atoms with E-state index in [0.29, 0.717) is 0 Å². The molecule has 5 heteroatoms. The second-order valence-electron chi connectivity index (χ2n) is 4.36. The summed E-state index contributed by atoms with van der Waals surface area (Å²) >= 11 is 5.20. The molecule has 0 aliphatic heterocycles. The van der Waals surface area contributed by atoms with Gasteiger partial charge >= 0.3 is 0 Å². The Morgan fingerprint density at radius 2 is 2.21 bits per heavy atom. The Morgan fingerprint density at radius 3 is 2.84 bits per heavy atom. The second kappa shape index (κ2) is 7.05. The normalized spacial score (nSPS) is 12.4. The second-order valence-corrected chi connectivity index (χ2v) is 6.06. The maximum Gasteiger partial charge on any atom is 0.122 e. The van der Waals surface area contributed by atoms with Crippen LogP contribution in [0.5, 0.6) is 5.75 Å². The van der Waals surface area contributed by atoms with Gasteiger partial charge in [0.25, 0.3) is 0 Å². The molecular weight excluding hydrogens is 324 g/mol. The summed E-state index contributed by atoms with van der Waals surface area (Å²) in [6, 6.07) is 8.35. The van der Waals surface area contributed by atoms with Crippen molar-refractivity contribution in [3.8, 4) is 5.75 Å². The van der Waals surface area contributed by atoms with Gasteiger partial charge in [-0.25, -0.2) is 0 Å². The van der Waals surface area contributed by atoms with Crippen molar-refractivity contribution in [1.29, 1.82) is 0 Å². The zero-order valence-electron chi connectivity index (χ0n) is 10.7. The number of methoxy groups -OCH3 is 1.